The fraction of sp³-hybridized carbons (Fsp3) is 0.214. The minimum absolute atomic E-state index is 0.168. The topological polar surface area (TPSA) is 48.1 Å². The molecule has 1 aromatic heterocycles. The zero-order valence-electron chi connectivity index (χ0n) is 10.4. The molecule has 2 aromatic rings. The minimum Gasteiger partial charge on any atom is -0.494 e. The molecule has 1 heterocycles. The average molecular weight is 264 g/mol. The van der Waals surface area contributed by atoms with Crippen LogP contribution in [0.2, 0.25) is 0 Å². The monoisotopic (exact) mass is 264 g/mol. The smallest absolute Gasteiger partial charge is 0.165 e. The third kappa shape index (κ3) is 3.06. The summed E-state index contributed by atoms with van der Waals surface area (Å²) in [7, 11) is 1.40. The van der Waals surface area contributed by atoms with E-state index in [0.29, 0.717) is 12.0 Å². The van der Waals surface area contributed by atoms with Crippen LogP contribution < -0.4 is 10.5 Å². The molecule has 0 saturated carbocycles. The van der Waals surface area contributed by atoms with Crippen molar-refractivity contribution < 1.29 is 13.5 Å². The molecule has 2 N–H and O–H groups in total. The van der Waals surface area contributed by atoms with E-state index in [0.717, 1.165) is 0 Å². The first kappa shape index (κ1) is 13.4. The second kappa shape index (κ2) is 5.75. The molecule has 2 rings (SSSR count). The van der Waals surface area contributed by atoms with Gasteiger partial charge in [-0.1, -0.05) is 6.07 Å². The van der Waals surface area contributed by atoms with Crippen molar-refractivity contribution in [1.29, 1.82) is 0 Å². The number of hydrogen-bond donors (Lipinski definition) is 1. The third-order valence-corrected chi connectivity index (χ3v) is 2.81. The Morgan fingerprint density at radius 3 is 2.68 bits per heavy atom. The summed E-state index contributed by atoms with van der Waals surface area (Å²) in [5, 5.41) is 0. The van der Waals surface area contributed by atoms with Crippen LogP contribution in [0.15, 0.2) is 36.5 Å². The van der Waals surface area contributed by atoms with Gasteiger partial charge in [0.1, 0.15) is 5.82 Å². The van der Waals surface area contributed by atoms with Crippen LogP contribution in [0.3, 0.4) is 0 Å². The van der Waals surface area contributed by atoms with Crippen molar-refractivity contribution >= 4 is 0 Å². The largest absolute Gasteiger partial charge is 0.494 e. The first-order valence-corrected chi connectivity index (χ1v) is 5.80. The highest BCUT2D eigenvalue weighted by Crippen LogP contribution is 2.21. The lowest BCUT2D eigenvalue weighted by atomic mass is 10.0. The van der Waals surface area contributed by atoms with Crippen molar-refractivity contribution in [3.05, 3.63) is 59.4 Å². The Kier molecular flexibility index (Phi) is 4.06. The number of benzene rings is 1. The first-order valence-electron chi connectivity index (χ1n) is 5.80. The minimum atomic E-state index is -0.617. The molecule has 0 bridgehead atoms. The maximum atomic E-state index is 13.5. The van der Waals surface area contributed by atoms with Crippen molar-refractivity contribution in [3.63, 3.8) is 0 Å². The molecular formula is C14H14F2N2O. The molecule has 19 heavy (non-hydrogen) atoms. The first-order chi connectivity index (χ1) is 9.11. The molecule has 5 heteroatoms. The zero-order chi connectivity index (χ0) is 13.8. The third-order valence-electron chi connectivity index (χ3n) is 2.81. The Morgan fingerprint density at radius 1 is 1.26 bits per heavy atom. The summed E-state index contributed by atoms with van der Waals surface area (Å²) in [5.41, 5.74) is 6.73. The van der Waals surface area contributed by atoms with E-state index in [-0.39, 0.29) is 11.4 Å². The summed E-state index contributed by atoms with van der Waals surface area (Å²) < 4.78 is 31.9. The molecule has 0 fully saturated rings. The van der Waals surface area contributed by atoms with Gasteiger partial charge in [0.15, 0.2) is 11.6 Å². The molecular weight excluding hydrogens is 250 g/mol. The quantitative estimate of drug-likeness (QED) is 0.923. The van der Waals surface area contributed by atoms with Gasteiger partial charge in [0.05, 0.1) is 18.8 Å². The van der Waals surface area contributed by atoms with Crippen molar-refractivity contribution in [2.45, 2.75) is 12.5 Å². The van der Waals surface area contributed by atoms with Crippen molar-refractivity contribution in [1.82, 2.24) is 4.98 Å². The van der Waals surface area contributed by atoms with Gasteiger partial charge in [-0.2, -0.15) is 0 Å². The lowest BCUT2D eigenvalue weighted by Crippen LogP contribution is -2.16. The van der Waals surface area contributed by atoms with Crippen molar-refractivity contribution in [2.24, 2.45) is 5.73 Å². The number of hydrogen-bond acceptors (Lipinski definition) is 3. The van der Waals surface area contributed by atoms with Crippen molar-refractivity contribution in [3.8, 4) is 5.75 Å². The number of halogens is 2. The van der Waals surface area contributed by atoms with Gasteiger partial charge in [0.2, 0.25) is 0 Å². The fourth-order valence-corrected chi connectivity index (χ4v) is 1.86. The van der Waals surface area contributed by atoms with Crippen LogP contribution in [0.1, 0.15) is 17.3 Å². The zero-order valence-corrected chi connectivity index (χ0v) is 10.4. The second-order valence-corrected chi connectivity index (χ2v) is 4.15. The summed E-state index contributed by atoms with van der Waals surface area (Å²) in [4.78, 5) is 3.91. The highest BCUT2D eigenvalue weighted by atomic mass is 19.1. The summed E-state index contributed by atoms with van der Waals surface area (Å²) >= 11 is 0. The van der Waals surface area contributed by atoms with Crippen LogP contribution in [0.5, 0.6) is 5.75 Å². The van der Waals surface area contributed by atoms with E-state index in [1.165, 1.54) is 37.6 Å². The highest BCUT2D eigenvalue weighted by Gasteiger charge is 2.14. The fourth-order valence-electron chi connectivity index (χ4n) is 1.86. The van der Waals surface area contributed by atoms with E-state index in [1.807, 2.05) is 0 Å². The number of nitrogens with two attached hydrogens (primary N) is 1. The molecule has 1 aromatic carbocycles. The summed E-state index contributed by atoms with van der Waals surface area (Å²) in [5.74, 6) is -0.751. The standard InChI is InChI=1S/C14H14F2N2O/c1-19-13-5-4-9(7-11(13)16)8-12(17)14-10(15)3-2-6-18-14/h2-7,12H,8,17H2,1H3. The number of methoxy groups -OCH3 is 1. The summed E-state index contributed by atoms with van der Waals surface area (Å²) in [6, 6.07) is 6.73. The van der Waals surface area contributed by atoms with E-state index in [9.17, 15) is 8.78 Å². The predicted octanol–water partition coefficient (Wildman–Crippen LogP) is 2.61. The average Bonchev–Trinajstić information content (AvgIpc) is 2.39. The van der Waals surface area contributed by atoms with E-state index in [1.54, 1.807) is 6.07 Å². The van der Waals surface area contributed by atoms with Gasteiger partial charge in [0.25, 0.3) is 0 Å². The molecule has 0 spiro atoms. The predicted molar refractivity (Wildman–Crippen MR) is 67.8 cm³/mol. The van der Waals surface area contributed by atoms with Gasteiger partial charge in [0, 0.05) is 6.20 Å². The van der Waals surface area contributed by atoms with Crippen LogP contribution in [-0.2, 0) is 6.42 Å². The van der Waals surface area contributed by atoms with E-state index < -0.39 is 17.7 Å². The maximum Gasteiger partial charge on any atom is 0.165 e. The highest BCUT2D eigenvalue weighted by molar-refractivity contribution is 5.30. The number of rotatable bonds is 4. The lowest BCUT2D eigenvalue weighted by Gasteiger charge is -2.12. The SMILES string of the molecule is COc1ccc(CC(N)c2ncccc2F)cc1F. The Morgan fingerprint density at radius 2 is 2.05 bits per heavy atom. The molecule has 1 atom stereocenters. The van der Waals surface area contributed by atoms with Gasteiger partial charge >= 0.3 is 0 Å². The van der Waals surface area contributed by atoms with Crippen LogP contribution in [0.4, 0.5) is 8.78 Å². The van der Waals surface area contributed by atoms with Crippen LogP contribution in [0.25, 0.3) is 0 Å². The number of aromatic nitrogens is 1. The molecule has 0 aliphatic rings. The second-order valence-electron chi connectivity index (χ2n) is 4.15. The Hall–Kier alpha value is -2.01. The maximum absolute atomic E-state index is 13.5. The summed E-state index contributed by atoms with van der Waals surface area (Å²) in [6.07, 6.45) is 1.78. The van der Waals surface area contributed by atoms with Crippen molar-refractivity contribution in [2.75, 3.05) is 7.11 Å². The number of pyridine rings is 1. The van der Waals surface area contributed by atoms with Gasteiger partial charge in [-0.15, -0.1) is 0 Å². The van der Waals surface area contributed by atoms with Gasteiger partial charge < -0.3 is 10.5 Å². The normalized spacial score (nSPS) is 12.2. The van der Waals surface area contributed by atoms with E-state index >= 15 is 0 Å². The molecule has 0 aliphatic carbocycles. The summed E-state index contributed by atoms with van der Waals surface area (Å²) in [6.45, 7) is 0. The van der Waals surface area contributed by atoms with Gasteiger partial charge in [-0.05, 0) is 36.2 Å². The lowest BCUT2D eigenvalue weighted by molar-refractivity contribution is 0.386. The molecule has 0 aliphatic heterocycles. The molecule has 100 valence electrons. The van der Waals surface area contributed by atoms with Gasteiger partial charge in [-0.25, -0.2) is 8.78 Å². The Balaban J connectivity index is 2.17. The van der Waals surface area contributed by atoms with Crippen LogP contribution in [0, 0.1) is 11.6 Å². The molecule has 0 radical (unpaired) electrons. The van der Waals surface area contributed by atoms with E-state index in [2.05, 4.69) is 4.98 Å². The molecule has 1 unspecified atom stereocenters. The Labute approximate surface area is 110 Å². The molecule has 0 amide bonds. The van der Waals surface area contributed by atoms with Gasteiger partial charge in [-0.3, -0.25) is 4.98 Å². The Bertz CT molecular complexity index is 575. The molecule has 0 saturated heterocycles. The van der Waals surface area contributed by atoms with Crippen LogP contribution >= 0.6 is 0 Å². The van der Waals surface area contributed by atoms with Crippen LogP contribution in [-0.4, -0.2) is 12.1 Å². The number of ether oxygens (including phenoxy) is 1. The number of nitrogens with zero attached hydrogens (tertiary/aromatic N) is 1. The van der Waals surface area contributed by atoms with E-state index in [4.69, 9.17) is 10.5 Å². The molecule has 3 nitrogen and oxygen atoms in total.